The average molecular weight is 430 g/mol. The van der Waals surface area contributed by atoms with Gasteiger partial charge in [-0.15, -0.1) is 18.3 Å². The summed E-state index contributed by atoms with van der Waals surface area (Å²) in [5.41, 5.74) is 0.804. The van der Waals surface area contributed by atoms with Crippen molar-refractivity contribution in [2.45, 2.75) is 17.9 Å². The number of hydrogen-bond acceptors (Lipinski definition) is 6. The second kappa shape index (κ2) is 9.53. The minimum Gasteiger partial charge on any atom is -0.497 e. The Labute approximate surface area is 175 Å². The van der Waals surface area contributed by atoms with E-state index in [4.69, 9.17) is 4.74 Å². The van der Waals surface area contributed by atoms with Gasteiger partial charge in [-0.2, -0.15) is 4.99 Å². The summed E-state index contributed by atoms with van der Waals surface area (Å²) in [5.74, 6) is 1.16. The first-order valence-electron chi connectivity index (χ1n) is 8.75. The van der Waals surface area contributed by atoms with Crippen LogP contribution in [0.5, 0.6) is 5.75 Å². The average Bonchev–Trinajstić information content (AvgIpc) is 3.05. The number of carbonyl (C=O) groups is 1. The lowest BCUT2D eigenvalue weighted by Gasteiger charge is -2.02. The maximum atomic E-state index is 12.4. The zero-order valence-corrected chi connectivity index (χ0v) is 17.4. The quantitative estimate of drug-likeness (QED) is 0.229. The number of nitro groups is 1. The number of nitro benzene ring substituents is 1. The molecule has 0 aliphatic heterocycles. The Kier molecular flexibility index (Phi) is 6.84. The highest BCUT2D eigenvalue weighted by atomic mass is 32.2. The molecule has 29 heavy (non-hydrogen) atoms. The number of carbonyl (C=O) groups excluding carboxylic acids is 1. The van der Waals surface area contributed by atoms with Gasteiger partial charge in [-0.25, -0.2) is 0 Å². The molecule has 0 aliphatic rings. The van der Waals surface area contributed by atoms with Crippen molar-refractivity contribution in [3.8, 4) is 5.75 Å². The first kappa shape index (κ1) is 20.8. The molecule has 0 spiro atoms. The van der Waals surface area contributed by atoms with Crippen molar-refractivity contribution < 1.29 is 14.5 Å². The van der Waals surface area contributed by atoms with Crippen LogP contribution >= 0.6 is 23.1 Å². The van der Waals surface area contributed by atoms with E-state index in [1.54, 1.807) is 31.0 Å². The number of fused-ring (bicyclic) bond motifs is 1. The van der Waals surface area contributed by atoms with E-state index >= 15 is 0 Å². The Morgan fingerprint density at radius 3 is 2.76 bits per heavy atom. The van der Waals surface area contributed by atoms with Crippen molar-refractivity contribution in [3.63, 3.8) is 0 Å². The molecule has 150 valence electrons. The van der Waals surface area contributed by atoms with E-state index in [1.165, 1.54) is 23.5 Å². The van der Waals surface area contributed by atoms with Gasteiger partial charge in [-0.1, -0.05) is 17.4 Å². The molecular weight excluding hydrogens is 410 g/mol. The standard InChI is InChI=1S/C20H19N3O4S2/c1-3-11-22-17-9-4-14(23(25)26)13-18(17)29-20(22)21-19(24)10-12-28-16-7-5-15(27-2)6-8-16/h3-9,13H,1,10-12H2,2H3. The molecule has 9 heteroatoms. The summed E-state index contributed by atoms with van der Waals surface area (Å²) in [4.78, 5) is 28.8. The lowest BCUT2D eigenvalue weighted by molar-refractivity contribution is -0.384. The lowest BCUT2D eigenvalue weighted by atomic mass is 10.3. The molecule has 0 bridgehead atoms. The van der Waals surface area contributed by atoms with Crippen LogP contribution in [-0.2, 0) is 11.3 Å². The Bertz CT molecular complexity index is 1120. The molecule has 1 heterocycles. The van der Waals surface area contributed by atoms with Gasteiger partial charge in [0, 0.05) is 35.7 Å². The predicted molar refractivity (Wildman–Crippen MR) is 116 cm³/mol. The van der Waals surface area contributed by atoms with Gasteiger partial charge in [0.25, 0.3) is 5.69 Å². The van der Waals surface area contributed by atoms with E-state index < -0.39 is 4.92 Å². The van der Waals surface area contributed by atoms with Crippen molar-refractivity contribution in [2.24, 2.45) is 4.99 Å². The molecular formula is C20H19N3O4S2. The van der Waals surface area contributed by atoms with Gasteiger partial charge in [0.15, 0.2) is 4.80 Å². The molecule has 0 saturated heterocycles. The molecule has 0 N–H and O–H groups in total. The summed E-state index contributed by atoms with van der Waals surface area (Å²) in [6.07, 6.45) is 2.00. The zero-order chi connectivity index (χ0) is 20.8. The van der Waals surface area contributed by atoms with Gasteiger partial charge in [0.1, 0.15) is 5.75 Å². The smallest absolute Gasteiger partial charge is 0.270 e. The topological polar surface area (TPSA) is 86.7 Å². The van der Waals surface area contributed by atoms with Crippen LogP contribution in [0.25, 0.3) is 10.2 Å². The van der Waals surface area contributed by atoms with Gasteiger partial charge in [-0.3, -0.25) is 14.9 Å². The summed E-state index contributed by atoms with van der Waals surface area (Å²) < 4.78 is 7.68. The van der Waals surface area contributed by atoms with Gasteiger partial charge >= 0.3 is 0 Å². The van der Waals surface area contributed by atoms with E-state index in [9.17, 15) is 14.9 Å². The molecule has 3 rings (SSSR count). The number of methoxy groups -OCH3 is 1. The Hall–Kier alpha value is -2.91. The van der Waals surface area contributed by atoms with Crippen LogP contribution in [0.1, 0.15) is 6.42 Å². The van der Waals surface area contributed by atoms with Gasteiger partial charge < -0.3 is 9.30 Å². The van der Waals surface area contributed by atoms with E-state index in [1.807, 2.05) is 28.8 Å². The molecule has 1 aromatic heterocycles. The van der Waals surface area contributed by atoms with Gasteiger partial charge in [-0.05, 0) is 30.3 Å². The van der Waals surface area contributed by atoms with E-state index in [0.717, 1.165) is 16.2 Å². The van der Waals surface area contributed by atoms with Crippen LogP contribution in [0.15, 0.2) is 65.0 Å². The number of nitrogens with zero attached hydrogens (tertiary/aromatic N) is 3. The number of amides is 1. The summed E-state index contributed by atoms with van der Waals surface area (Å²) in [5, 5.41) is 11.0. The van der Waals surface area contributed by atoms with Crippen molar-refractivity contribution in [3.05, 3.63) is 70.0 Å². The van der Waals surface area contributed by atoms with Crippen molar-refractivity contribution >= 4 is 44.9 Å². The predicted octanol–water partition coefficient (Wildman–Crippen LogP) is 4.42. The monoisotopic (exact) mass is 429 g/mol. The van der Waals surface area contributed by atoms with Crippen LogP contribution in [0.3, 0.4) is 0 Å². The fourth-order valence-corrected chi connectivity index (χ4v) is 4.59. The number of allylic oxidation sites excluding steroid dienone is 1. The van der Waals surface area contributed by atoms with E-state index in [0.29, 0.717) is 28.2 Å². The van der Waals surface area contributed by atoms with Crippen LogP contribution in [0, 0.1) is 10.1 Å². The Balaban J connectivity index is 1.76. The number of hydrogen-bond donors (Lipinski definition) is 0. The summed E-state index contributed by atoms with van der Waals surface area (Å²) in [6, 6.07) is 12.3. The third-order valence-corrected chi connectivity index (χ3v) is 6.11. The van der Waals surface area contributed by atoms with E-state index in [-0.39, 0.29) is 11.6 Å². The van der Waals surface area contributed by atoms with Crippen molar-refractivity contribution in [1.82, 2.24) is 4.57 Å². The fraction of sp³-hybridized carbons (Fsp3) is 0.200. The minimum absolute atomic E-state index is 0.0123. The normalized spacial score (nSPS) is 11.6. The van der Waals surface area contributed by atoms with Crippen LogP contribution in [0.4, 0.5) is 5.69 Å². The van der Waals surface area contributed by atoms with E-state index in [2.05, 4.69) is 11.6 Å². The third-order valence-electron chi connectivity index (χ3n) is 4.05. The number of benzene rings is 2. The number of thiazole rings is 1. The van der Waals surface area contributed by atoms with Gasteiger partial charge in [0.05, 0.1) is 22.2 Å². The lowest BCUT2D eigenvalue weighted by Crippen LogP contribution is -2.16. The second-order valence-corrected chi connectivity index (χ2v) is 8.15. The highest BCUT2D eigenvalue weighted by Crippen LogP contribution is 2.24. The molecule has 3 aromatic rings. The number of non-ortho nitro benzene ring substituents is 1. The summed E-state index contributed by atoms with van der Waals surface area (Å²) >= 11 is 2.83. The maximum absolute atomic E-state index is 12.4. The number of rotatable bonds is 8. The second-order valence-electron chi connectivity index (χ2n) is 5.97. The summed E-state index contributed by atoms with van der Waals surface area (Å²) in [7, 11) is 1.62. The molecule has 0 radical (unpaired) electrons. The number of aromatic nitrogens is 1. The molecule has 1 amide bonds. The molecule has 2 aromatic carbocycles. The molecule has 7 nitrogen and oxygen atoms in total. The Morgan fingerprint density at radius 1 is 1.34 bits per heavy atom. The van der Waals surface area contributed by atoms with Crippen molar-refractivity contribution in [1.29, 1.82) is 0 Å². The van der Waals surface area contributed by atoms with Crippen LogP contribution < -0.4 is 9.54 Å². The molecule has 0 aliphatic carbocycles. The largest absolute Gasteiger partial charge is 0.497 e. The van der Waals surface area contributed by atoms with Gasteiger partial charge in [0.2, 0.25) is 5.91 Å². The Morgan fingerprint density at radius 2 is 2.10 bits per heavy atom. The molecule has 0 atom stereocenters. The number of thioether (sulfide) groups is 1. The maximum Gasteiger partial charge on any atom is 0.270 e. The summed E-state index contributed by atoms with van der Waals surface area (Å²) in [6.45, 7) is 4.20. The fourth-order valence-electron chi connectivity index (χ4n) is 2.66. The SMILES string of the molecule is C=CCn1c(=NC(=O)CCSc2ccc(OC)cc2)sc2cc([N+](=O)[O-])ccc21. The first-order valence-corrected chi connectivity index (χ1v) is 10.5. The molecule has 0 unspecified atom stereocenters. The molecule has 0 fully saturated rings. The number of ether oxygens (including phenoxy) is 1. The first-order chi connectivity index (χ1) is 14.0. The third kappa shape index (κ3) is 5.12. The van der Waals surface area contributed by atoms with Crippen molar-refractivity contribution in [2.75, 3.05) is 12.9 Å². The highest BCUT2D eigenvalue weighted by molar-refractivity contribution is 7.99. The zero-order valence-electron chi connectivity index (χ0n) is 15.7. The highest BCUT2D eigenvalue weighted by Gasteiger charge is 2.12. The van der Waals surface area contributed by atoms with Crippen LogP contribution in [-0.4, -0.2) is 28.3 Å². The van der Waals surface area contributed by atoms with Crippen LogP contribution in [0.2, 0.25) is 0 Å². The molecule has 0 saturated carbocycles. The minimum atomic E-state index is -0.435.